The van der Waals surface area contributed by atoms with Crippen LogP contribution in [0.4, 0.5) is 0 Å². The molecule has 0 atom stereocenters. The van der Waals surface area contributed by atoms with Crippen LogP contribution in [-0.2, 0) is 22.4 Å². The Labute approximate surface area is 147 Å². The van der Waals surface area contributed by atoms with Gasteiger partial charge in [-0.3, -0.25) is 4.79 Å². The molecule has 1 rings (SSSR count). The van der Waals surface area contributed by atoms with Crippen LogP contribution in [0.3, 0.4) is 0 Å². The molecule has 134 valence electrons. The smallest absolute Gasteiger partial charge is 0.326 e. The van der Waals surface area contributed by atoms with E-state index in [2.05, 4.69) is 48.7 Å². The van der Waals surface area contributed by atoms with Gasteiger partial charge in [0.1, 0.15) is 11.1 Å². The summed E-state index contributed by atoms with van der Waals surface area (Å²) in [4.78, 5) is 12.3. The Kier molecular flexibility index (Phi) is 7.68. The zero-order valence-electron chi connectivity index (χ0n) is 16.1. The summed E-state index contributed by atoms with van der Waals surface area (Å²) in [6.07, 6.45) is 7.30. The minimum atomic E-state index is -0.687. The average molecular weight is 332 g/mol. The monoisotopic (exact) mass is 331 g/mol. The molecular formula is C21H33NO2. The highest BCUT2D eigenvalue weighted by atomic mass is 16.6. The minimum Gasteiger partial charge on any atom is -0.459 e. The largest absolute Gasteiger partial charge is 0.459 e. The molecule has 1 aromatic carbocycles. The Morgan fingerprint density at radius 1 is 1.08 bits per heavy atom. The number of nitrogens with one attached hydrogen (secondary N) is 1. The van der Waals surface area contributed by atoms with E-state index in [0.29, 0.717) is 0 Å². The second kappa shape index (κ2) is 9.03. The maximum absolute atomic E-state index is 12.3. The van der Waals surface area contributed by atoms with Crippen molar-refractivity contribution in [3.8, 4) is 0 Å². The lowest BCUT2D eigenvalue weighted by atomic mass is 9.99. The van der Waals surface area contributed by atoms with Crippen LogP contribution >= 0.6 is 0 Å². The summed E-state index contributed by atoms with van der Waals surface area (Å²) < 4.78 is 5.49. The molecule has 0 unspecified atom stereocenters. The summed E-state index contributed by atoms with van der Waals surface area (Å²) in [6, 6.07) is 8.53. The number of carbonyl (C=O) groups excluding carboxylic acids is 1. The van der Waals surface area contributed by atoms with Crippen molar-refractivity contribution in [2.24, 2.45) is 0 Å². The first-order valence-electron chi connectivity index (χ1n) is 8.82. The number of allylic oxidation sites excluding steroid dienone is 2. The highest BCUT2D eigenvalue weighted by Gasteiger charge is 2.31. The zero-order valence-corrected chi connectivity index (χ0v) is 16.1. The number of benzene rings is 1. The van der Waals surface area contributed by atoms with E-state index >= 15 is 0 Å². The number of esters is 1. The molecule has 0 spiro atoms. The number of carbonyl (C=O) groups is 1. The van der Waals surface area contributed by atoms with E-state index in [4.69, 9.17) is 4.74 Å². The van der Waals surface area contributed by atoms with Gasteiger partial charge in [0.25, 0.3) is 0 Å². The highest BCUT2D eigenvalue weighted by molar-refractivity contribution is 5.80. The van der Waals surface area contributed by atoms with Gasteiger partial charge < -0.3 is 10.1 Å². The maximum atomic E-state index is 12.3. The second-order valence-electron chi connectivity index (χ2n) is 7.68. The van der Waals surface area contributed by atoms with Gasteiger partial charge in [-0.25, -0.2) is 0 Å². The van der Waals surface area contributed by atoms with E-state index in [1.807, 2.05) is 34.6 Å². The van der Waals surface area contributed by atoms with E-state index in [1.165, 1.54) is 11.1 Å². The molecule has 0 aromatic heterocycles. The summed E-state index contributed by atoms with van der Waals surface area (Å²) in [7, 11) is 0. The Hall–Kier alpha value is -1.61. The van der Waals surface area contributed by atoms with E-state index < -0.39 is 11.1 Å². The van der Waals surface area contributed by atoms with Gasteiger partial charge in [-0.15, -0.1) is 0 Å². The van der Waals surface area contributed by atoms with Gasteiger partial charge in [-0.05, 0) is 71.9 Å². The molecule has 0 heterocycles. The molecular weight excluding hydrogens is 298 g/mol. The van der Waals surface area contributed by atoms with Crippen LogP contribution in [0.2, 0.25) is 0 Å². The molecule has 0 fully saturated rings. The Bertz CT molecular complexity index is 553. The third kappa shape index (κ3) is 7.31. The fourth-order valence-electron chi connectivity index (χ4n) is 2.44. The third-order valence-corrected chi connectivity index (χ3v) is 3.80. The van der Waals surface area contributed by atoms with Gasteiger partial charge >= 0.3 is 5.97 Å². The number of rotatable bonds is 8. The van der Waals surface area contributed by atoms with Crippen LogP contribution in [0.25, 0.3) is 0 Å². The normalized spacial score (nSPS) is 12.6. The van der Waals surface area contributed by atoms with Crippen LogP contribution in [0.15, 0.2) is 36.4 Å². The average Bonchev–Trinajstić information content (AvgIpc) is 2.47. The summed E-state index contributed by atoms with van der Waals surface area (Å²) in [6.45, 7) is 12.2. The molecule has 0 aliphatic rings. The SMILES string of the molecule is C/C=C\CCc1ccccc1CCNC(C)(C)C(=O)OC(C)(C)C. The summed E-state index contributed by atoms with van der Waals surface area (Å²) in [5, 5.41) is 3.34. The first kappa shape index (κ1) is 20.4. The van der Waals surface area contributed by atoms with Crippen LogP contribution in [0, 0.1) is 0 Å². The molecule has 0 aliphatic heterocycles. The molecule has 1 N–H and O–H groups in total. The Morgan fingerprint density at radius 2 is 1.67 bits per heavy atom. The van der Waals surface area contributed by atoms with Crippen molar-refractivity contribution < 1.29 is 9.53 Å². The van der Waals surface area contributed by atoms with Crippen molar-refractivity contribution in [2.45, 2.75) is 71.9 Å². The fraction of sp³-hybridized carbons (Fsp3) is 0.571. The number of ether oxygens (including phenoxy) is 1. The second-order valence-corrected chi connectivity index (χ2v) is 7.68. The molecule has 3 heteroatoms. The van der Waals surface area contributed by atoms with Crippen LogP contribution < -0.4 is 5.32 Å². The van der Waals surface area contributed by atoms with E-state index in [-0.39, 0.29) is 5.97 Å². The van der Waals surface area contributed by atoms with Gasteiger partial charge in [0.05, 0.1) is 0 Å². The van der Waals surface area contributed by atoms with E-state index in [9.17, 15) is 4.79 Å². The topological polar surface area (TPSA) is 38.3 Å². The minimum absolute atomic E-state index is 0.212. The van der Waals surface area contributed by atoms with Gasteiger partial charge in [0, 0.05) is 6.54 Å². The molecule has 1 aromatic rings. The van der Waals surface area contributed by atoms with Crippen molar-refractivity contribution in [2.75, 3.05) is 6.54 Å². The number of aryl methyl sites for hydroxylation is 1. The van der Waals surface area contributed by atoms with Gasteiger partial charge in [-0.1, -0.05) is 36.4 Å². The van der Waals surface area contributed by atoms with Crippen LogP contribution in [0.5, 0.6) is 0 Å². The Morgan fingerprint density at radius 3 is 2.21 bits per heavy atom. The number of hydrogen-bond donors (Lipinski definition) is 1. The molecule has 0 radical (unpaired) electrons. The summed E-state index contributed by atoms with van der Waals surface area (Å²) in [5.74, 6) is -0.212. The third-order valence-electron chi connectivity index (χ3n) is 3.80. The van der Waals surface area contributed by atoms with Crippen molar-refractivity contribution >= 4 is 5.97 Å². The highest BCUT2D eigenvalue weighted by Crippen LogP contribution is 2.15. The summed E-state index contributed by atoms with van der Waals surface area (Å²) >= 11 is 0. The van der Waals surface area contributed by atoms with Crippen LogP contribution in [-0.4, -0.2) is 23.7 Å². The number of hydrogen-bond acceptors (Lipinski definition) is 3. The fourth-order valence-corrected chi connectivity index (χ4v) is 2.44. The lowest BCUT2D eigenvalue weighted by Gasteiger charge is -2.29. The van der Waals surface area contributed by atoms with Gasteiger partial charge in [0.2, 0.25) is 0 Å². The predicted octanol–water partition coefficient (Wildman–Crippen LogP) is 4.45. The zero-order chi connectivity index (χ0) is 18.2. The molecule has 0 saturated carbocycles. The summed E-state index contributed by atoms with van der Waals surface area (Å²) in [5.41, 5.74) is 1.57. The first-order chi connectivity index (χ1) is 11.2. The van der Waals surface area contributed by atoms with Crippen molar-refractivity contribution in [3.63, 3.8) is 0 Å². The quantitative estimate of drug-likeness (QED) is 0.565. The molecule has 0 saturated heterocycles. The van der Waals surface area contributed by atoms with E-state index in [1.54, 1.807) is 0 Å². The molecule has 0 aliphatic carbocycles. The van der Waals surface area contributed by atoms with Crippen LogP contribution in [0.1, 0.15) is 59.1 Å². The van der Waals surface area contributed by atoms with Gasteiger partial charge in [0.15, 0.2) is 0 Å². The van der Waals surface area contributed by atoms with Crippen molar-refractivity contribution in [3.05, 3.63) is 47.5 Å². The molecule has 24 heavy (non-hydrogen) atoms. The lowest BCUT2D eigenvalue weighted by Crippen LogP contribution is -2.50. The first-order valence-corrected chi connectivity index (χ1v) is 8.82. The molecule has 0 amide bonds. The standard InChI is InChI=1S/C21H33NO2/c1-7-8-9-12-17-13-10-11-14-18(17)15-16-22-21(5,6)19(23)24-20(2,3)4/h7-8,10-11,13-14,22H,9,12,15-16H2,1-6H3/b8-7-. The Balaban J connectivity index is 2.59. The lowest BCUT2D eigenvalue weighted by molar-refractivity contribution is -0.161. The molecule has 0 bridgehead atoms. The maximum Gasteiger partial charge on any atom is 0.326 e. The van der Waals surface area contributed by atoms with Gasteiger partial charge in [-0.2, -0.15) is 0 Å². The van der Waals surface area contributed by atoms with Crippen molar-refractivity contribution in [1.29, 1.82) is 0 Å². The van der Waals surface area contributed by atoms with E-state index in [0.717, 1.165) is 25.8 Å². The predicted molar refractivity (Wildman–Crippen MR) is 101 cm³/mol. The molecule has 3 nitrogen and oxygen atoms in total. The van der Waals surface area contributed by atoms with Crippen molar-refractivity contribution in [1.82, 2.24) is 5.32 Å².